The van der Waals surface area contributed by atoms with Crippen molar-refractivity contribution >= 4 is 5.96 Å². The zero-order chi connectivity index (χ0) is 14.2. The molecule has 3 heteroatoms. The van der Waals surface area contributed by atoms with Gasteiger partial charge in [-0.1, -0.05) is 44.2 Å². The lowest BCUT2D eigenvalue weighted by molar-refractivity contribution is 0.0576. The van der Waals surface area contributed by atoms with Gasteiger partial charge >= 0.3 is 0 Å². The molecule has 1 spiro atoms. The van der Waals surface area contributed by atoms with Crippen LogP contribution in [0.15, 0.2) is 35.3 Å². The standard InChI is InChI=1S/C17H25N3/c1-13-8-9-17(14(2)10-13)12-19-16(18)20(17)11-15-6-4-3-5-7-15/h3-7,13-14H,8-12H2,1-2H3,(H2,18,19). The predicted octanol–water partition coefficient (Wildman–Crippen LogP) is 3.01. The van der Waals surface area contributed by atoms with Gasteiger partial charge in [-0.3, -0.25) is 4.99 Å². The van der Waals surface area contributed by atoms with Crippen LogP contribution in [0.25, 0.3) is 0 Å². The molecule has 0 bridgehead atoms. The van der Waals surface area contributed by atoms with Gasteiger partial charge in [-0.25, -0.2) is 0 Å². The van der Waals surface area contributed by atoms with Crippen LogP contribution in [0.3, 0.4) is 0 Å². The first-order chi connectivity index (χ1) is 9.62. The molecule has 0 saturated heterocycles. The number of rotatable bonds is 2. The molecule has 1 aromatic rings. The number of guanidine groups is 1. The van der Waals surface area contributed by atoms with E-state index < -0.39 is 0 Å². The fourth-order valence-corrected chi connectivity index (χ4v) is 3.94. The highest BCUT2D eigenvalue weighted by atomic mass is 15.4. The average molecular weight is 271 g/mol. The van der Waals surface area contributed by atoms with Crippen LogP contribution >= 0.6 is 0 Å². The number of hydrogen-bond donors (Lipinski definition) is 1. The molecule has 1 aromatic carbocycles. The SMILES string of the molecule is CC1CCC2(CN=C(N)N2Cc2ccccc2)C(C)C1. The van der Waals surface area contributed by atoms with Crippen molar-refractivity contribution < 1.29 is 0 Å². The Balaban J connectivity index is 1.85. The fraction of sp³-hybridized carbons (Fsp3) is 0.588. The van der Waals surface area contributed by atoms with Gasteiger partial charge in [-0.2, -0.15) is 0 Å². The maximum Gasteiger partial charge on any atom is 0.192 e. The van der Waals surface area contributed by atoms with E-state index in [0.717, 1.165) is 25.0 Å². The number of nitrogens with two attached hydrogens (primary N) is 1. The zero-order valence-electron chi connectivity index (χ0n) is 12.5. The lowest BCUT2D eigenvalue weighted by Crippen LogP contribution is -2.57. The van der Waals surface area contributed by atoms with Gasteiger partial charge in [0.15, 0.2) is 5.96 Å². The Kier molecular flexibility index (Phi) is 3.45. The monoisotopic (exact) mass is 271 g/mol. The first-order valence-electron chi connectivity index (χ1n) is 7.73. The van der Waals surface area contributed by atoms with Crippen molar-refractivity contribution in [1.82, 2.24) is 4.90 Å². The van der Waals surface area contributed by atoms with Crippen LogP contribution < -0.4 is 5.73 Å². The molecule has 108 valence electrons. The summed E-state index contributed by atoms with van der Waals surface area (Å²) in [6.07, 6.45) is 3.79. The Hall–Kier alpha value is -1.51. The lowest BCUT2D eigenvalue weighted by atomic mass is 9.69. The smallest absolute Gasteiger partial charge is 0.192 e. The number of aliphatic imine (C=N–C) groups is 1. The van der Waals surface area contributed by atoms with Gasteiger partial charge < -0.3 is 10.6 Å². The summed E-state index contributed by atoms with van der Waals surface area (Å²) < 4.78 is 0. The maximum absolute atomic E-state index is 6.21. The van der Waals surface area contributed by atoms with E-state index >= 15 is 0 Å². The molecule has 1 saturated carbocycles. The summed E-state index contributed by atoms with van der Waals surface area (Å²) in [7, 11) is 0. The van der Waals surface area contributed by atoms with E-state index in [4.69, 9.17) is 5.73 Å². The zero-order valence-corrected chi connectivity index (χ0v) is 12.5. The van der Waals surface area contributed by atoms with Crippen molar-refractivity contribution in [3.05, 3.63) is 35.9 Å². The van der Waals surface area contributed by atoms with Crippen LogP contribution in [-0.2, 0) is 6.54 Å². The van der Waals surface area contributed by atoms with E-state index in [9.17, 15) is 0 Å². The van der Waals surface area contributed by atoms with Crippen molar-refractivity contribution in [3.8, 4) is 0 Å². The number of nitrogens with zero attached hydrogens (tertiary/aromatic N) is 2. The Morgan fingerprint density at radius 3 is 2.75 bits per heavy atom. The molecule has 2 N–H and O–H groups in total. The van der Waals surface area contributed by atoms with E-state index in [-0.39, 0.29) is 5.54 Å². The van der Waals surface area contributed by atoms with Gasteiger partial charge in [0.1, 0.15) is 0 Å². The first kappa shape index (κ1) is 13.5. The molecule has 3 unspecified atom stereocenters. The summed E-state index contributed by atoms with van der Waals surface area (Å²) in [5.41, 5.74) is 7.68. The summed E-state index contributed by atoms with van der Waals surface area (Å²) in [5, 5.41) is 0. The van der Waals surface area contributed by atoms with Crippen LogP contribution in [0.5, 0.6) is 0 Å². The average Bonchev–Trinajstić information content (AvgIpc) is 2.75. The van der Waals surface area contributed by atoms with Crippen molar-refractivity contribution in [2.75, 3.05) is 6.54 Å². The molecule has 0 aromatic heterocycles. The van der Waals surface area contributed by atoms with Crippen LogP contribution in [0.2, 0.25) is 0 Å². The number of hydrogen-bond acceptors (Lipinski definition) is 3. The second-order valence-electron chi connectivity index (χ2n) is 6.63. The molecule has 3 atom stereocenters. The molecular formula is C17H25N3. The predicted molar refractivity (Wildman–Crippen MR) is 83.4 cm³/mol. The van der Waals surface area contributed by atoms with Gasteiger partial charge in [0, 0.05) is 6.54 Å². The second-order valence-corrected chi connectivity index (χ2v) is 6.63. The molecule has 3 nitrogen and oxygen atoms in total. The van der Waals surface area contributed by atoms with Gasteiger partial charge in [0.2, 0.25) is 0 Å². The normalized spacial score (nSPS) is 33.5. The highest BCUT2D eigenvalue weighted by Gasteiger charge is 2.48. The summed E-state index contributed by atoms with van der Waals surface area (Å²) in [6.45, 7) is 6.50. The molecule has 0 radical (unpaired) electrons. The van der Waals surface area contributed by atoms with Crippen LogP contribution in [0, 0.1) is 11.8 Å². The molecule has 2 aliphatic rings. The van der Waals surface area contributed by atoms with Crippen LogP contribution in [0.4, 0.5) is 0 Å². The highest BCUT2D eigenvalue weighted by Crippen LogP contribution is 2.43. The minimum Gasteiger partial charge on any atom is -0.370 e. The lowest BCUT2D eigenvalue weighted by Gasteiger charge is -2.48. The van der Waals surface area contributed by atoms with Gasteiger partial charge in [0.25, 0.3) is 0 Å². The van der Waals surface area contributed by atoms with Gasteiger partial charge in [-0.05, 0) is 36.7 Å². The molecule has 1 aliphatic carbocycles. The third kappa shape index (κ3) is 2.19. The fourth-order valence-electron chi connectivity index (χ4n) is 3.94. The van der Waals surface area contributed by atoms with Crippen LogP contribution in [-0.4, -0.2) is 22.9 Å². The van der Waals surface area contributed by atoms with Crippen LogP contribution in [0.1, 0.15) is 38.7 Å². The topological polar surface area (TPSA) is 41.6 Å². The van der Waals surface area contributed by atoms with E-state index in [2.05, 4.69) is 54.1 Å². The summed E-state index contributed by atoms with van der Waals surface area (Å²) >= 11 is 0. The Labute approximate surface area is 121 Å². The molecule has 1 aliphatic heterocycles. The van der Waals surface area contributed by atoms with Crippen molar-refractivity contribution in [2.45, 2.75) is 45.2 Å². The number of benzene rings is 1. The molecule has 1 heterocycles. The molecule has 20 heavy (non-hydrogen) atoms. The summed E-state index contributed by atoms with van der Waals surface area (Å²) in [6, 6.07) is 10.6. The minimum absolute atomic E-state index is 0.159. The first-order valence-corrected chi connectivity index (χ1v) is 7.73. The summed E-state index contributed by atoms with van der Waals surface area (Å²) in [5.74, 6) is 2.21. The van der Waals surface area contributed by atoms with Crippen molar-refractivity contribution in [1.29, 1.82) is 0 Å². The third-order valence-electron chi connectivity index (χ3n) is 5.26. The molecular weight excluding hydrogens is 246 g/mol. The Morgan fingerprint density at radius 1 is 1.30 bits per heavy atom. The van der Waals surface area contributed by atoms with Gasteiger partial charge in [0.05, 0.1) is 12.1 Å². The molecule has 3 rings (SSSR count). The summed E-state index contributed by atoms with van der Waals surface area (Å²) in [4.78, 5) is 6.96. The van der Waals surface area contributed by atoms with E-state index in [0.29, 0.717) is 5.92 Å². The molecule has 1 fully saturated rings. The second kappa shape index (κ2) is 5.12. The van der Waals surface area contributed by atoms with Crippen molar-refractivity contribution in [2.24, 2.45) is 22.6 Å². The minimum atomic E-state index is 0.159. The van der Waals surface area contributed by atoms with E-state index in [1.54, 1.807) is 0 Å². The van der Waals surface area contributed by atoms with E-state index in [1.165, 1.54) is 24.8 Å². The maximum atomic E-state index is 6.21. The quantitative estimate of drug-likeness (QED) is 0.898. The Bertz CT molecular complexity index is 496. The highest BCUT2D eigenvalue weighted by molar-refractivity contribution is 5.81. The molecule has 0 amide bonds. The Morgan fingerprint density at radius 2 is 2.05 bits per heavy atom. The van der Waals surface area contributed by atoms with Crippen molar-refractivity contribution in [3.63, 3.8) is 0 Å². The third-order valence-corrected chi connectivity index (χ3v) is 5.26. The van der Waals surface area contributed by atoms with E-state index in [1.807, 2.05) is 0 Å². The largest absolute Gasteiger partial charge is 0.370 e. The van der Waals surface area contributed by atoms with Gasteiger partial charge in [-0.15, -0.1) is 0 Å².